The highest BCUT2D eigenvalue weighted by Crippen LogP contribution is 2.42. The fourth-order valence-electron chi connectivity index (χ4n) is 3.91. The van der Waals surface area contributed by atoms with E-state index in [1.165, 1.54) is 18.2 Å². The Morgan fingerprint density at radius 2 is 1.68 bits per heavy atom. The molecule has 196 valence electrons. The lowest BCUT2D eigenvalue weighted by atomic mass is 10.0. The van der Waals surface area contributed by atoms with Gasteiger partial charge in [0.15, 0.2) is 5.75 Å². The molecule has 9 nitrogen and oxygen atoms in total. The monoisotopic (exact) mass is 553 g/mol. The topological polar surface area (TPSA) is 138 Å². The third kappa shape index (κ3) is 5.47. The number of fused-ring (bicyclic) bond motifs is 1. The van der Waals surface area contributed by atoms with Crippen molar-refractivity contribution in [1.29, 1.82) is 0 Å². The lowest BCUT2D eigenvalue weighted by Gasteiger charge is -2.14. The summed E-state index contributed by atoms with van der Waals surface area (Å²) in [5.74, 6) is -0.555. The van der Waals surface area contributed by atoms with E-state index in [1.807, 2.05) is 13.8 Å². The van der Waals surface area contributed by atoms with Gasteiger partial charge in [-0.2, -0.15) is 8.42 Å². The van der Waals surface area contributed by atoms with Gasteiger partial charge >= 0.3 is 0 Å². The summed E-state index contributed by atoms with van der Waals surface area (Å²) in [6.07, 6.45) is 0.439. The molecule has 0 aromatic heterocycles. The van der Waals surface area contributed by atoms with Gasteiger partial charge in [-0.25, -0.2) is 0 Å². The van der Waals surface area contributed by atoms with E-state index >= 15 is 0 Å². The van der Waals surface area contributed by atoms with Crippen molar-refractivity contribution in [3.8, 4) is 11.5 Å². The molecule has 4 aromatic rings. The summed E-state index contributed by atoms with van der Waals surface area (Å²) in [6, 6.07) is 18.1. The number of phenols is 1. The molecule has 0 saturated heterocycles. The number of anilines is 1. The molecule has 4 aromatic carbocycles. The normalized spacial score (nSPS) is 11.7. The molecule has 0 radical (unpaired) electrons. The number of para-hydroxylation sites is 2. The molecule has 11 heteroatoms. The van der Waals surface area contributed by atoms with Crippen LogP contribution in [0.4, 0.5) is 17.1 Å². The fraction of sp³-hybridized carbons (Fsp3) is 0.148. The van der Waals surface area contributed by atoms with Gasteiger partial charge in [0.05, 0.1) is 22.9 Å². The van der Waals surface area contributed by atoms with E-state index in [9.17, 15) is 22.9 Å². The maximum absolute atomic E-state index is 13.3. The van der Waals surface area contributed by atoms with Crippen LogP contribution < -0.4 is 10.1 Å². The Hall–Kier alpha value is -3.99. The standard InChI is InChI=1S/C27H24ClN3O6S/c1-3-16-13-14-22(38(34,35)36)23(28)24(16)30-31-25-18-10-6-5-9-17(18)15-19(26(25)32)27(33)29-20-11-7-8-12-21(20)37-4-2/h5-15,32H,3-4H2,1-2H3,(H,29,33)(H,34,35,36). The predicted molar refractivity (Wildman–Crippen MR) is 146 cm³/mol. The van der Waals surface area contributed by atoms with Crippen LogP contribution in [0.5, 0.6) is 11.5 Å². The highest BCUT2D eigenvalue weighted by Gasteiger charge is 2.22. The van der Waals surface area contributed by atoms with Crippen molar-refractivity contribution in [2.45, 2.75) is 25.2 Å². The molecular formula is C27H24ClN3O6S. The van der Waals surface area contributed by atoms with E-state index in [4.69, 9.17) is 16.3 Å². The van der Waals surface area contributed by atoms with Gasteiger partial charge < -0.3 is 15.2 Å². The first-order valence-corrected chi connectivity index (χ1v) is 13.5. The van der Waals surface area contributed by atoms with E-state index in [2.05, 4.69) is 15.5 Å². The number of hydrogen-bond acceptors (Lipinski definition) is 7. The summed E-state index contributed by atoms with van der Waals surface area (Å²) in [7, 11) is -4.61. The van der Waals surface area contributed by atoms with Crippen molar-refractivity contribution in [3.63, 3.8) is 0 Å². The van der Waals surface area contributed by atoms with Gasteiger partial charge in [-0.15, -0.1) is 10.2 Å². The predicted octanol–water partition coefficient (Wildman–Crippen LogP) is 7.07. The summed E-state index contributed by atoms with van der Waals surface area (Å²) in [4.78, 5) is 12.7. The highest BCUT2D eigenvalue weighted by atomic mass is 35.5. The second-order valence-electron chi connectivity index (χ2n) is 8.14. The maximum Gasteiger partial charge on any atom is 0.296 e. The van der Waals surface area contributed by atoms with Gasteiger partial charge in [0.2, 0.25) is 0 Å². The van der Waals surface area contributed by atoms with Crippen LogP contribution in [-0.2, 0) is 16.5 Å². The average Bonchev–Trinajstić information content (AvgIpc) is 2.88. The highest BCUT2D eigenvalue weighted by molar-refractivity contribution is 7.86. The van der Waals surface area contributed by atoms with Gasteiger partial charge in [-0.05, 0) is 48.6 Å². The number of aryl methyl sites for hydroxylation is 1. The molecule has 0 fully saturated rings. The number of ether oxygens (including phenoxy) is 1. The Bertz CT molecular complexity index is 1670. The second-order valence-corrected chi connectivity index (χ2v) is 9.91. The van der Waals surface area contributed by atoms with Crippen molar-refractivity contribution >= 4 is 55.5 Å². The van der Waals surface area contributed by atoms with Crippen molar-refractivity contribution in [3.05, 3.63) is 82.9 Å². The van der Waals surface area contributed by atoms with E-state index in [0.29, 0.717) is 40.8 Å². The van der Waals surface area contributed by atoms with E-state index in [1.54, 1.807) is 48.5 Å². The molecule has 0 aliphatic rings. The Balaban J connectivity index is 1.84. The minimum atomic E-state index is -4.61. The molecule has 0 bridgehead atoms. The Morgan fingerprint density at radius 3 is 2.39 bits per heavy atom. The molecule has 38 heavy (non-hydrogen) atoms. The molecule has 4 rings (SSSR count). The number of nitrogens with one attached hydrogen (secondary N) is 1. The molecule has 0 aliphatic heterocycles. The molecule has 0 heterocycles. The van der Waals surface area contributed by atoms with Crippen LogP contribution in [-0.4, -0.2) is 30.6 Å². The molecule has 0 unspecified atom stereocenters. The third-order valence-corrected chi connectivity index (χ3v) is 7.14. The van der Waals surface area contributed by atoms with Crippen LogP contribution in [0.25, 0.3) is 10.8 Å². The smallest absolute Gasteiger partial charge is 0.296 e. The summed E-state index contributed by atoms with van der Waals surface area (Å²) in [5.41, 5.74) is 0.945. The van der Waals surface area contributed by atoms with Crippen molar-refractivity contribution in [2.24, 2.45) is 10.2 Å². The molecule has 0 atom stereocenters. The largest absolute Gasteiger partial charge is 0.505 e. The number of benzene rings is 4. The van der Waals surface area contributed by atoms with Gasteiger partial charge in [0.25, 0.3) is 16.0 Å². The molecule has 1 amide bonds. The number of carbonyl (C=O) groups is 1. The quantitative estimate of drug-likeness (QED) is 0.157. The zero-order valence-electron chi connectivity index (χ0n) is 20.5. The van der Waals surface area contributed by atoms with Crippen LogP contribution in [0.2, 0.25) is 5.02 Å². The van der Waals surface area contributed by atoms with Crippen LogP contribution in [0.15, 0.2) is 81.9 Å². The molecule has 0 saturated carbocycles. The number of amides is 1. The Kier molecular flexibility index (Phi) is 7.96. The fourth-order valence-corrected chi connectivity index (χ4v) is 4.99. The summed E-state index contributed by atoms with van der Waals surface area (Å²) >= 11 is 6.28. The Labute approximate surface area is 224 Å². The van der Waals surface area contributed by atoms with E-state index in [-0.39, 0.29) is 22.0 Å². The number of carbonyl (C=O) groups excluding carboxylic acids is 1. The van der Waals surface area contributed by atoms with Crippen molar-refractivity contribution < 1.29 is 27.6 Å². The van der Waals surface area contributed by atoms with Crippen LogP contribution in [0.1, 0.15) is 29.8 Å². The third-order valence-electron chi connectivity index (χ3n) is 5.75. The first-order valence-electron chi connectivity index (χ1n) is 11.6. The second kappa shape index (κ2) is 11.2. The molecule has 3 N–H and O–H groups in total. The van der Waals surface area contributed by atoms with Crippen molar-refractivity contribution in [1.82, 2.24) is 0 Å². The number of nitrogens with zero attached hydrogens (tertiary/aromatic N) is 2. The van der Waals surface area contributed by atoms with Gasteiger partial charge in [-0.1, -0.05) is 61.0 Å². The minimum Gasteiger partial charge on any atom is -0.505 e. The molecule has 0 spiro atoms. The van der Waals surface area contributed by atoms with Gasteiger partial charge in [-0.3, -0.25) is 9.35 Å². The lowest BCUT2D eigenvalue weighted by molar-refractivity contribution is 0.102. The SMILES string of the molecule is CCOc1ccccc1NC(=O)c1cc2ccccc2c(N=Nc2c(CC)ccc(S(=O)(=O)O)c2Cl)c1O. The number of aromatic hydroxyl groups is 1. The summed E-state index contributed by atoms with van der Waals surface area (Å²) in [5, 5.41) is 23.1. The van der Waals surface area contributed by atoms with Gasteiger partial charge in [0.1, 0.15) is 22.0 Å². The number of halogens is 1. The molecular weight excluding hydrogens is 530 g/mol. The maximum atomic E-state index is 13.3. The first kappa shape index (κ1) is 27.1. The average molecular weight is 554 g/mol. The zero-order valence-corrected chi connectivity index (χ0v) is 22.0. The summed E-state index contributed by atoms with van der Waals surface area (Å²) in [6.45, 7) is 4.04. The van der Waals surface area contributed by atoms with Crippen LogP contribution in [0.3, 0.4) is 0 Å². The number of hydrogen-bond donors (Lipinski definition) is 3. The molecule has 0 aliphatic carbocycles. The number of phenolic OH excluding ortho intramolecular Hbond substituents is 1. The minimum absolute atomic E-state index is 0.0123. The van der Waals surface area contributed by atoms with E-state index in [0.717, 1.165) is 0 Å². The number of rotatable bonds is 8. The van der Waals surface area contributed by atoms with Crippen molar-refractivity contribution in [2.75, 3.05) is 11.9 Å². The lowest BCUT2D eigenvalue weighted by Crippen LogP contribution is -2.13. The number of azo groups is 1. The van der Waals surface area contributed by atoms with Gasteiger partial charge in [0, 0.05) is 5.39 Å². The Morgan fingerprint density at radius 1 is 1.00 bits per heavy atom. The summed E-state index contributed by atoms with van der Waals surface area (Å²) < 4.78 is 38.6. The van der Waals surface area contributed by atoms with Crippen LogP contribution >= 0.6 is 11.6 Å². The van der Waals surface area contributed by atoms with E-state index < -0.39 is 26.7 Å². The van der Waals surface area contributed by atoms with Crippen LogP contribution in [0, 0.1) is 0 Å². The first-order chi connectivity index (χ1) is 18.2. The zero-order chi connectivity index (χ0) is 27.4.